The summed E-state index contributed by atoms with van der Waals surface area (Å²) in [6, 6.07) is 12.9. The van der Waals surface area contributed by atoms with E-state index in [-0.39, 0.29) is 28.9 Å². The molecule has 0 bridgehead atoms. The maximum absolute atomic E-state index is 11.8. The first-order valence-electron chi connectivity index (χ1n) is 8.19. The van der Waals surface area contributed by atoms with Crippen LogP contribution in [-0.2, 0) is 29.4 Å². The molecule has 8 heteroatoms. The molecular weight excluding hydrogens is 463 g/mol. The number of benzene rings is 2. The van der Waals surface area contributed by atoms with Crippen LogP contribution in [0.2, 0.25) is 0 Å². The van der Waals surface area contributed by atoms with Crippen molar-refractivity contribution in [2.24, 2.45) is 10.7 Å². The summed E-state index contributed by atoms with van der Waals surface area (Å²) in [7, 11) is -2.07. The second-order valence-electron chi connectivity index (χ2n) is 6.02. The second kappa shape index (κ2) is 8.83. The smallest absolute Gasteiger partial charge is 0.240 e. The summed E-state index contributed by atoms with van der Waals surface area (Å²) >= 11 is 0. The van der Waals surface area contributed by atoms with Gasteiger partial charge in [-0.05, 0) is 67.3 Å². The zero-order valence-corrected chi connectivity index (χ0v) is 17.7. The van der Waals surface area contributed by atoms with Crippen LogP contribution in [0.15, 0.2) is 52.4 Å². The van der Waals surface area contributed by atoms with Crippen LogP contribution in [0, 0.1) is 0 Å². The number of fused-ring (bicyclic) bond motifs is 1. The van der Waals surface area contributed by atoms with Crippen LogP contribution >= 0.6 is 24.0 Å². The number of rotatable bonds is 5. The lowest BCUT2D eigenvalue weighted by Crippen LogP contribution is -2.22. The minimum absolute atomic E-state index is 0. The second-order valence-corrected chi connectivity index (χ2v) is 7.91. The molecule has 1 aliphatic carbocycles. The summed E-state index contributed by atoms with van der Waals surface area (Å²) in [5, 5.41) is 3.10. The first kappa shape index (κ1) is 20.7. The van der Waals surface area contributed by atoms with Crippen molar-refractivity contribution >= 4 is 45.6 Å². The molecule has 2 aromatic rings. The van der Waals surface area contributed by atoms with Crippen molar-refractivity contribution in [1.82, 2.24) is 4.72 Å². The highest BCUT2D eigenvalue weighted by Gasteiger charge is 2.12. The number of nitrogens with zero attached hydrogens (tertiary/aromatic N) is 1. The summed E-state index contributed by atoms with van der Waals surface area (Å²) in [6.45, 7) is 0.302. The van der Waals surface area contributed by atoms with Gasteiger partial charge in [0, 0.05) is 5.69 Å². The van der Waals surface area contributed by atoms with Crippen LogP contribution in [0.3, 0.4) is 0 Å². The predicted octanol–water partition coefficient (Wildman–Crippen LogP) is 2.63. The van der Waals surface area contributed by atoms with Gasteiger partial charge in [-0.1, -0.05) is 18.2 Å². The van der Waals surface area contributed by atoms with Gasteiger partial charge in [-0.25, -0.2) is 18.1 Å². The van der Waals surface area contributed by atoms with Crippen LogP contribution < -0.4 is 15.8 Å². The van der Waals surface area contributed by atoms with Gasteiger partial charge in [0.1, 0.15) is 0 Å². The third-order valence-electron chi connectivity index (χ3n) is 4.28. The topological polar surface area (TPSA) is 96.6 Å². The summed E-state index contributed by atoms with van der Waals surface area (Å²) in [5.74, 6) is 0.305. The Bertz CT molecular complexity index is 913. The van der Waals surface area contributed by atoms with E-state index < -0.39 is 10.0 Å². The summed E-state index contributed by atoms with van der Waals surface area (Å²) < 4.78 is 26.0. The zero-order valence-electron chi connectivity index (χ0n) is 14.5. The number of hydrogen-bond acceptors (Lipinski definition) is 3. The van der Waals surface area contributed by atoms with Crippen LogP contribution in [-0.4, -0.2) is 21.4 Å². The van der Waals surface area contributed by atoms with E-state index in [9.17, 15) is 8.42 Å². The Labute approximate surface area is 171 Å². The molecule has 0 aliphatic heterocycles. The number of guanidine groups is 1. The van der Waals surface area contributed by atoms with Gasteiger partial charge >= 0.3 is 0 Å². The normalized spacial score (nSPS) is 13.8. The minimum atomic E-state index is -3.46. The molecule has 140 valence electrons. The molecule has 0 heterocycles. The van der Waals surface area contributed by atoms with Crippen LogP contribution in [0.25, 0.3) is 0 Å². The molecule has 3 rings (SSSR count). The van der Waals surface area contributed by atoms with Crippen molar-refractivity contribution < 1.29 is 8.42 Å². The van der Waals surface area contributed by atoms with Gasteiger partial charge in [0.2, 0.25) is 10.0 Å². The molecule has 0 unspecified atom stereocenters. The Kier molecular flexibility index (Phi) is 7.01. The fourth-order valence-electron chi connectivity index (χ4n) is 2.94. The lowest BCUT2D eigenvalue weighted by Gasteiger charge is -2.08. The average molecular weight is 486 g/mol. The Balaban J connectivity index is 0.00000243. The highest BCUT2D eigenvalue weighted by Crippen LogP contribution is 2.24. The third kappa shape index (κ3) is 4.95. The first-order chi connectivity index (χ1) is 12.0. The number of hydrogen-bond donors (Lipinski definition) is 3. The van der Waals surface area contributed by atoms with E-state index in [4.69, 9.17) is 5.73 Å². The van der Waals surface area contributed by atoms with Gasteiger partial charge < -0.3 is 11.1 Å². The van der Waals surface area contributed by atoms with Crippen molar-refractivity contribution in [2.75, 3.05) is 12.4 Å². The average Bonchev–Trinajstić information content (AvgIpc) is 3.08. The fraction of sp³-hybridized carbons (Fsp3) is 0.278. The summed E-state index contributed by atoms with van der Waals surface area (Å²) in [6.07, 6.45) is 3.45. The van der Waals surface area contributed by atoms with Gasteiger partial charge in [0.15, 0.2) is 5.96 Å². The molecule has 0 radical (unpaired) electrons. The van der Waals surface area contributed by atoms with Crippen molar-refractivity contribution in [3.63, 3.8) is 0 Å². The van der Waals surface area contributed by atoms with Crippen molar-refractivity contribution in [3.05, 3.63) is 59.2 Å². The first-order valence-corrected chi connectivity index (χ1v) is 9.67. The predicted molar refractivity (Wildman–Crippen MR) is 116 cm³/mol. The molecule has 0 saturated heterocycles. The number of sulfonamides is 1. The Morgan fingerprint density at radius 3 is 2.69 bits per heavy atom. The number of anilines is 1. The number of aryl methyl sites for hydroxylation is 2. The Morgan fingerprint density at radius 2 is 1.92 bits per heavy atom. The molecule has 0 fully saturated rings. The lowest BCUT2D eigenvalue weighted by atomic mass is 10.1. The van der Waals surface area contributed by atoms with Gasteiger partial charge in [-0.2, -0.15) is 0 Å². The minimum Gasteiger partial charge on any atom is -0.370 e. The lowest BCUT2D eigenvalue weighted by molar-refractivity contribution is 0.588. The molecule has 0 aromatic heterocycles. The fourth-order valence-corrected chi connectivity index (χ4v) is 3.74. The molecule has 4 N–H and O–H groups in total. The monoisotopic (exact) mass is 486 g/mol. The quantitative estimate of drug-likeness (QED) is 0.344. The molecule has 0 saturated carbocycles. The van der Waals surface area contributed by atoms with Crippen LogP contribution in [0.5, 0.6) is 0 Å². The number of aliphatic imine (C=N–C) groups is 1. The zero-order chi connectivity index (χ0) is 17.9. The van der Waals surface area contributed by atoms with E-state index in [1.54, 1.807) is 18.2 Å². The van der Waals surface area contributed by atoms with Gasteiger partial charge in [-0.15, -0.1) is 24.0 Å². The van der Waals surface area contributed by atoms with E-state index in [1.807, 2.05) is 12.1 Å². The molecule has 0 atom stereocenters. The SMILES string of the molecule is CNS(=O)(=O)c1cccc(CN=C(N)Nc2ccc3c(c2)CCC3)c1.I. The van der Waals surface area contributed by atoms with Crippen LogP contribution in [0.1, 0.15) is 23.1 Å². The Hall–Kier alpha value is -1.65. The van der Waals surface area contributed by atoms with Crippen LogP contribution in [0.4, 0.5) is 5.69 Å². The maximum atomic E-state index is 11.8. The maximum Gasteiger partial charge on any atom is 0.240 e. The number of halogens is 1. The van der Waals surface area contributed by atoms with E-state index in [2.05, 4.69) is 27.2 Å². The summed E-state index contributed by atoms with van der Waals surface area (Å²) in [5.41, 5.74) is 10.4. The van der Waals surface area contributed by atoms with E-state index in [0.717, 1.165) is 24.1 Å². The highest BCUT2D eigenvalue weighted by molar-refractivity contribution is 14.0. The Morgan fingerprint density at radius 1 is 1.15 bits per heavy atom. The third-order valence-corrected chi connectivity index (χ3v) is 5.69. The molecular formula is C18H23IN4O2S. The van der Waals surface area contributed by atoms with Gasteiger partial charge in [0.05, 0.1) is 11.4 Å². The van der Waals surface area contributed by atoms with Crippen molar-refractivity contribution in [1.29, 1.82) is 0 Å². The van der Waals surface area contributed by atoms with E-state index in [1.165, 1.54) is 24.6 Å². The van der Waals surface area contributed by atoms with Crippen molar-refractivity contribution in [2.45, 2.75) is 30.7 Å². The van der Waals surface area contributed by atoms with Gasteiger partial charge in [0.25, 0.3) is 0 Å². The standard InChI is InChI=1S/C18H22N4O2S.HI/c1-20-25(23,24)17-7-2-4-13(10-17)12-21-18(19)22-16-9-8-14-5-3-6-15(14)11-16;/h2,4,7-11,20H,3,5-6,12H2,1H3,(H3,19,21,22);1H. The molecule has 6 nitrogen and oxygen atoms in total. The number of nitrogens with two attached hydrogens (primary N) is 1. The molecule has 0 amide bonds. The van der Waals surface area contributed by atoms with Gasteiger partial charge in [-0.3, -0.25) is 0 Å². The highest BCUT2D eigenvalue weighted by atomic mass is 127. The molecule has 26 heavy (non-hydrogen) atoms. The van der Waals surface area contributed by atoms with Crippen molar-refractivity contribution in [3.8, 4) is 0 Å². The largest absolute Gasteiger partial charge is 0.370 e. The molecule has 0 spiro atoms. The molecule has 1 aliphatic rings. The number of nitrogens with one attached hydrogen (secondary N) is 2. The van der Waals surface area contributed by atoms with E-state index in [0.29, 0.717) is 12.5 Å². The van der Waals surface area contributed by atoms with E-state index >= 15 is 0 Å². The summed E-state index contributed by atoms with van der Waals surface area (Å²) in [4.78, 5) is 4.52. The molecule has 2 aromatic carbocycles.